The summed E-state index contributed by atoms with van der Waals surface area (Å²) in [6.07, 6.45) is 3.41. The third-order valence-electron chi connectivity index (χ3n) is 5.19. The summed E-state index contributed by atoms with van der Waals surface area (Å²) in [6.45, 7) is 1.92. The Morgan fingerprint density at radius 3 is 2.77 bits per heavy atom. The Morgan fingerprint density at radius 1 is 1.27 bits per heavy atom. The molecule has 5 nitrogen and oxygen atoms in total. The van der Waals surface area contributed by atoms with E-state index in [-0.39, 0.29) is 18.3 Å². The van der Waals surface area contributed by atoms with Gasteiger partial charge in [0.25, 0.3) is 5.91 Å². The molecule has 0 saturated carbocycles. The van der Waals surface area contributed by atoms with Crippen molar-refractivity contribution in [1.82, 2.24) is 14.7 Å². The van der Waals surface area contributed by atoms with E-state index in [0.29, 0.717) is 36.9 Å². The molecule has 0 bridgehead atoms. The maximum Gasteiger partial charge on any atom is 0.274 e. The highest BCUT2D eigenvalue weighted by Gasteiger charge is 2.32. The summed E-state index contributed by atoms with van der Waals surface area (Å²) < 4.78 is 28.4. The van der Waals surface area contributed by atoms with Gasteiger partial charge in [-0.2, -0.15) is 5.10 Å². The van der Waals surface area contributed by atoms with Crippen LogP contribution in [0.2, 0.25) is 0 Å². The fourth-order valence-corrected chi connectivity index (χ4v) is 3.80. The van der Waals surface area contributed by atoms with Crippen molar-refractivity contribution in [2.75, 3.05) is 19.6 Å². The normalized spacial score (nSPS) is 18.7. The summed E-state index contributed by atoms with van der Waals surface area (Å²) in [5.74, 6) is -1.56. The molecule has 1 aromatic carbocycles. The highest BCUT2D eigenvalue weighted by molar-refractivity contribution is 5.94. The standard InChI is InChI=1S/C18H20F2N4O.ClH/c19-14-5-4-12(8-15(14)20)24-16-3-1-2-13(16)17(22-24)18(25)23-7-6-11(9-21)10-23;/h4-5,8,11H,1-3,6-7,9-10,21H2;1H. The number of rotatable bonds is 3. The van der Waals surface area contributed by atoms with Gasteiger partial charge in [-0.1, -0.05) is 0 Å². The minimum atomic E-state index is -0.919. The van der Waals surface area contributed by atoms with Crippen LogP contribution >= 0.6 is 12.4 Å². The Balaban J connectivity index is 0.00000196. The van der Waals surface area contributed by atoms with Crippen LogP contribution < -0.4 is 5.73 Å². The third kappa shape index (κ3) is 3.10. The van der Waals surface area contributed by atoms with Crippen LogP contribution in [0.15, 0.2) is 18.2 Å². The molecular weight excluding hydrogens is 362 g/mol. The van der Waals surface area contributed by atoms with E-state index in [1.54, 1.807) is 9.58 Å². The van der Waals surface area contributed by atoms with Gasteiger partial charge < -0.3 is 10.6 Å². The molecule has 1 saturated heterocycles. The first kappa shape index (κ1) is 18.8. The van der Waals surface area contributed by atoms with E-state index in [1.165, 1.54) is 6.07 Å². The zero-order valence-corrected chi connectivity index (χ0v) is 15.1. The second kappa shape index (κ2) is 7.32. The number of halogens is 3. The Labute approximate surface area is 156 Å². The highest BCUT2D eigenvalue weighted by atomic mass is 35.5. The van der Waals surface area contributed by atoms with E-state index >= 15 is 0 Å². The number of amides is 1. The lowest BCUT2D eigenvalue weighted by Crippen LogP contribution is -2.30. The molecule has 0 spiro atoms. The molecule has 1 aromatic heterocycles. The highest BCUT2D eigenvalue weighted by Crippen LogP contribution is 2.30. The predicted molar refractivity (Wildman–Crippen MR) is 95.8 cm³/mol. The Bertz CT molecular complexity index is 839. The summed E-state index contributed by atoms with van der Waals surface area (Å²) >= 11 is 0. The topological polar surface area (TPSA) is 64.2 Å². The van der Waals surface area contributed by atoms with Gasteiger partial charge in [0, 0.05) is 30.4 Å². The van der Waals surface area contributed by atoms with Gasteiger partial charge in [0.1, 0.15) is 0 Å². The number of carbonyl (C=O) groups excluding carboxylic acids is 1. The average molecular weight is 383 g/mol. The zero-order valence-electron chi connectivity index (χ0n) is 14.3. The van der Waals surface area contributed by atoms with Crippen molar-refractivity contribution in [1.29, 1.82) is 0 Å². The van der Waals surface area contributed by atoms with E-state index in [4.69, 9.17) is 5.73 Å². The second-order valence-corrected chi connectivity index (χ2v) is 6.78. The lowest BCUT2D eigenvalue weighted by atomic mass is 10.1. The van der Waals surface area contributed by atoms with E-state index in [0.717, 1.165) is 49.1 Å². The smallest absolute Gasteiger partial charge is 0.274 e. The number of likely N-dealkylation sites (tertiary alicyclic amines) is 1. The maximum absolute atomic E-state index is 13.6. The molecule has 1 fully saturated rings. The van der Waals surface area contributed by atoms with Gasteiger partial charge in [-0.05, 0) is 50.3 Å². The summed E-state index contributed by atoms with van der Waals surface area (Å²) in [7, 11) is 0. The van der Waals surface area contributed by atoms with Crippen molar-refractivity contribution in [3.63, 3.8) is 0 Å². The number of aromatic nitrogens is 2. The quantitative estimate of drug-likeness (QED) is 0.887. The summed E-state index contributed by atoms with van der Waals surface area (Å²) in [6, 6.07) is 3.69. The third-order valence-corrected chi connectivity index (χ3v) is 5.19. The van der Waals surface area contributed by atoms with Gasteiger partial charge in [-0.25, -0.2) is 13.5 Å². The molecule has 0 radical (unpaired) electrons. The number of hydrogen-bond acceptors (Lipinski definition) is 3. The molecule has 2 aromatic rings. The number of carbonyl (C=O) groups is 1. The lowest BCUT2D eigenvalue weighted by molar-refractivity contribution is 0.0780. The summed E-state index contributed by atoms with van der Waals surface area (Å²) in [4.78, 5) is 14.7. The fourth-order valence-electron chi connectivity index (χ4n) is 3.80. The van der Waals surface area contributed by atoms with Crippen LogP contribution in [0.25, 0.3) is 5.69 Å². The molecule has 4 rings (SSSR count). The molecule has 2 heterocycles. The molecule has 1 amide bonds. The largest absolute Gasteiger partial charge is 0.337 e. The number of hydrogen-bond donors (Lipinski definition) is 1. The van der Waals surface area contributed by atoms with Crippen LogP contribution in [0, 0.1) is 17.6 Å². The van der Waals surface area contributed by atoms with Crippen LogP contribution in [-0.2, 0) is 12.8 Å². The number of nitrogens with zero attached hydrogens (tertiary/aromatic N) is 3. The van der Waals surface area contributed by atoms with Gasteiger partial charge in [-0.15, -0.1) is 12.4 Å². The molecule has 1 aliphatic heterocycles. The first-order valence-electron chi connectivity index (χ1n) is 8.64. The van der Waals surface area contributed by atoms with Crippen molar-refractivity contribution < 1.29 is 13.6 Å². The monoisotopic (exact) mass is 382 g/mol. The molecule has 1 aliphatic carbocycles. The molecule has 140 valence electrons. The fraction of sp³-hybridized carbons (Fsp3) is 0.444. The average Bonchev–Trinajstić information content (AvgIpc) is 3.32. The Hall–Kier alpha value is -1.99. The van der Waals surface area contributed by atoms with Crippen LogP contribution in [0.3, 0.4) is 0 Å². The van der Waals surface area contributed by atoms with Gasteiger partial charge >= 0.3 is 0 Å². The van der Waals surface area contributed by atoms with Gasteiger partial charge in [0.15, 0.2) is 17.3 Å². The van der Waals surface area contributed by atoms with Crippen molar-refractivity contribution in [3.05, 3.63) is 46.8 Å². The molecule has 1 unspecified atom stereocenters. The number of benzene rings is 1. The predicted octanol–water partition coefficient (Wildman–Crippen LogP) is 2.48. The number of fused-ring (bicyclic) bond motifs is 1. The minimum Gasteiger partial charge on any atom is -0.337 e. The molecule has 2 N–H and O–H groups in total. The van der Waals surface area contributed by atoms with Crippen LogP contribution in [0.4, 0.5) is 8.78 Å². The van der Waals surface area contributed by atoms with Crippen LogP contribution in [-0.4, -0.2) is 40.2 Å². The SMILES string of the molecule is Cl.NCC1CCN(C(=O)c2nn(-c3ccc(F)c(F)c3)c3c2CCC3)C1. The van der Waals surface area contributed by atoms with Crippen molar-refractivity contribution >= 4 is 18.3 Å². The Kier molecular flexibility index (Phi) is 5.29. The van der Waals surface area contributed by atoms with E-state index in [2.05, 4.69) is 5.10 Å². The molecule has 2 aliphatic rings. The van der Waals surface area contributed by atoms with Crippen LogP contribution in [0.1, 0.15) is 34.6 Å². The lowest BCUT2D eigenvalue weighted by Gasteiger charge is -2.15. The van der Waals surface area contributed by atoms with E-state index < -0.39 is 11.6 Å². The zero-order chi connectivity index (χ0) is 17.6. The summed E-state index contributed by atoms with van der Waals surface area (Å²) in [5.41, 5.74) is 8.45. The first-order valence-corrected chi connectivity index (χ1v) is 8.64. The van der Waals surface area contributed by atoms with Gasteiger partial charge in [0.05, 0.1) is 5.69 Å². The van der Waals surface area contributed by atoms with Gasteiger partial charge in [-0.3, -0.25) is 4.79 Å². The molecule has 26 heavy (non-hydrogen) atoms. The van der Waals surface area contributed by atoms with Crippen molar-refractivity contribution in [2.45, 2.75) is 25.7 Å². The summed E-state index contributed by atoms with van der Waals surface area (Å²) in [5, 5.41) is 4.47. The second-order valence-electron chi connectivity index (χ2n) is 6.78. The molecular formula is C18H21ClF2N4O. The minimum absolute atomic E-state index is 0. The molecule has 8 heteroatoms. The van der Waals surface area contributed by atoms with E-state index in [1.807, 2.05) is 0 Å². The van der Waals surface area contributed by atoms with Crippen LogP contribution in [0.5, 0.6) is 0 Å². The van der Waals surface area contributed by atoms with Crippen molar-refractivity contribution in [2.24, 2.45) is 11.7 Å². The maximum atomic E-state index is 13.6. The van der Waals surface area contributed by atoms with E-state index in [9.17, 15) is 13.6 Å². The Morgan fingerprint density at radius 2 is 2.08 bits per heavy atom. The number of nitrogens with two attached hydrogens (primary N) is 1. The molecule has 1 atom stereocenters. The first-order chi connectivity index (χ1) is 12.1. The van der Waals surface area contributed by atoms with Crippen molar-refractivity contribution in [3.8, 4) is 5.69 Å². The van der Waals surface area contributed by atoms with Gasteiger partial charge in [0.2, 0.25) is 0 Å².